The van der Waals surface area contributed by atoms with Crippen LogP contribution in [0.4, 0.5) is 26.3 Å². The first-order valence-corrected chi connectivity index (χ1v) is 20.0. The minimum Gasteiger partial charge on any atom is -0.477 e. The molecular formula is C36H56F6O5PRu+2. The summed E-state index contributed by atoms with van der Waals surface area (Å²) in [5.74, 6) is -23.8. The van der Waals surface area contributed by atoms with Crippen LogP contribution in [0.25, 0.3) is 0 Å². The fourth-order valence-corrected chi connectivity index (χ4v) is 12.6. The number of carboxylic acid groups (broad SMARTS) is 1. The zero-order chi connectivity index (χ0) is 36.0. The Morgan fingerprint density at radius 3 is 1.59 bits per heavy atom. The Morgan fingerprint density at radius 2 is 1.24 bits per heavy atom. The molecule has 5 nitrogen and oxygen atoms in total. The molecule has 283 valence electrons. The van der Waals surface area contributed by atoms with Crippen molar-refractivity contribution in [2.24, 2.45) is 0 Å². The Labute approximate surface area is 299 Å². The van der Waals surface area contributed by atoms with E-state index in [0.29, 0.717) is 6.10 Å². The number of hydrogen-bond donors (Lipinski definition) is 1. The Bertz CT molecular complexity index is 1090. The van der Waals surface area contributed by atoms with Crippen LogP contribution in [0.1, 0.15) is 123 Å². The molecular weight excluding hydrogens is 758 g/mol. The van der Waals surface area contributed by atoms with Gasteiger partial charge < -0.3 is 17.3 Å². The molecule has 0 atom stereocenters. The number of carbonyl (C=O) groups excluding carboxylic acids is 1. The molecule has 0 aromatic heterocycles. The van der Waals surface area contributed by atoms with Crippen molar-refractivity contribution in [3.8, 4) is 5.75 Å². The van der Waals surface area contributed by atoms with Gasteiger partial charge in [-0.05, 0) is 84.0 Å². The molecule has 0 heterocycles. The molecule has 3 aliphatic carbocycles. The molecule has 0 unspecified atom stereocenters. The number of aliphatic carboxylic acids is 1. The van der Waals surface area contributed by atoms with Gasteiger partial charge in [-0.3, -0.25) is 0 Å². The maximum atomic E-state index is 12.7. The zero-order valence-electron chi connectivity index (χ0n) is 29.3. The predicted octanol–water partition coefficient (Wildman–Crippen LogP) is 10.2. The first-order valence-electron chi connectivity index (χ1n) is 17.2. The van der Waals surface area contributed by atoms with Crippen LogP contribution in [0.5, 0.6) is 5.75 Å². The molecule has 1 aromatic carbocycles. The largest absolute Gasteiger partial charge is 0.477 e. The molecule has 3 saturated carbocycles. The van der Waals surface area contributed by atoms with E-state index in [0.717, 1.165) is 12.7 Å². The van der Waals surface area contributed by atoms with Crippen LogP contribution in [0.3, 0.4) is 0 Å². The molecule has 0 radical (unpaired) electrons. The van der Waals surface area contributed by atoms with E-state index in [9.17, 15) is 35.9 Å². The molecule has 0 saturated heterocycles. The van der Waals surface area contributed by atoms with Crippen molar-refractivity contribution in [1.29, 1.82) is 0 Å². The summed E-state index contributed by atoms with van der Waals surface area (Å²) in [7, 11) is -0.0465. The molecule has 4 rings (SSSR count). The SMILES string of the molecule is C1CCC([PH+](C2CCCCC2)C2CCCCC2)CC1.CC(C)[OH+]c1ccccc1[CH]=[Ru+].CCOC(=O)C(F)(F)C(F)(F)C(F)(F)C(=O)O.[CH3-]. The summed E-state index contributed by atoms with van der Waals surface area (Å²) in [6, 6.07) is 8.15. The predicted molar refractivity (Wildman–Crippen MR) is 183 cm³/mol. The Balaban J connectivity index is 0.000000373. The van der Waals surface area contributed by atoms with E-state index in [2.05, 4.69) is 47.2 Å². The molecule has 0 bridgehead atoms. The van der Waals surface area contributed by atoms with Crippen molar-refractivity contribution in [3.63, 3.8) is 0 Å². The Kier molecular flexibility index (Phi) is 20.2. The second-order valence-corrected chi connectivity index (χ2v) is 17.1. The average molecular weight is 815 g/mol. The van der Waals surface area contributed by atoms with E-state index in [4.69, 9.17) is 5.11 Å². The van der Waals surface area contributed by atoms with Crippen LogP contribution < -0.4 is 0 Å². The molecule has 3 aliphatic rings. The van der Waals surface area contributed by atoms with Crippen molar-refractivity contribution in [1.82, 2.24) is 0 Å². The maximum Gasteiger partial charge on any atom is 0.411 e. The van der Waals surface area contributed by atoms with Crippen molar-refractivity contribution in [3.05, 3.63) is 37.3 Å². The Hall–Kier alpha value is -1.54. The summed E-state index contributed by atoms with van der Waals surface area (Å²) in [6.45, 7) is 4.38. The third kappa shape index (κ3) is 12.9. The third-order valence-electron chi connectivity index (χ3n) is 9.26. The molecule has 0 spiro atoms. The number of ether oxygens (including phenoxy) is 2. The molecule has 13 heteroatoms. The topological polar surface area (TPSA) is 76.4 Å². The van der Waals surface area contributed by atoms with Crippen LogP contribution in [-0.4, -0.2) is 73.8 Å². The van der Waals surface area contributed by atoms with E-state index >= 15 is 0 Å². The molecule has 49 heavy (non-hydrogen) atoms. The Morgan fingerprint density at radius 1 is 0.837 bits per heavy atom. The van der Waals surface area contributed by atoms with Gasteiger partial charge in [0.25, 0.3) is 0 Å². The van der Waals surface area contributed by atoms with Crippen LogP contribution in [0.2, 0.25) is 0 Å². The number of alkyl halides is 6. The van der Waals surface area contributed by atoms with Crippen LogP contribution >= 0.6 is 7.92 Å². The number of carboxylic acids is 1. The summed E-state index contributed by atoms with van der Waals surface area (Å²) in [6.07, 6.45) is 24.2. The number of carbonyl (C=O) groups is 2. The van der Waals surface area contributed by atoms with Gasteiger partial charge in [-0.1, -0.05) is 19.3 Å². The minimum absolute atomic E-state index is 0. The summed E-state index contributed by atoms with van der Waals surface area (Å²) in [4.78, 5) is 20.2. The fourth-order valence-electron chi connectivity index (χ4n) is 6.96. The van der Waals surface area contributed by atoms with E-state index in [1.54, 1.807) is 96.3 Å². The second-order valence-electron chi connectivity index (χ2n) is 13.1. The quantitative estimate of drug-likeness (QED) is 0.0603. The summed E-state index contributed by atoms with van der Waals surface area (Å²) in [5, 5.41) is 7.74. The maximum absolute atomic E-state index is 12.7. The van der Waals surface area contributed by atoms with Crippen molar-refractivity contribution >= 4 is 24.5 Å². The summed E-state index contributed by atoms with van der Waals surface area (Å²) < 4.78 is 85.3. The van der Waals surface area contributed by atoms with Gasteiger partial charge in [0, 0.05) is 7.92 Å². The monoisotopic (exact) mass is 815 g/mol. The van der Waals surface area contributed by atoms with Gasteiger partial charge >= 0.3 is 112 Å². The van der Waals surface area contributed by atoms with Crippen LogP contribution in [0.15, 0.2) is 24.3 Å². The average Bonchev–Trinajstić information content (AvgIpc) is 3.07. The normalized spacial score (nSPS) is 18.3. The van der Waals surface area contributed by atoms with Gasteiger partial charge in [-0.2, -0.15) is 26.3 Å². The van der Waals surface area contributed by atoms with Crippen LogP contribution in [0, 0.1) is 7.43 Å². The van der Waals surface area contributed by atoms with Gasteiger partial charge in [0.1, 0.15) is 0 Å². The summed E-state index contributed by atoms with van der Waals surface area (Å²) >= 11 is 2.51. The second kappa shape index (κ2) is 21.7. The molecule has 2 N–H and O–H groups in total. The van der Waals surface area contributed by atoms with Gasteiger partial charge in [-0.15, -0.1) is 0 Å². The zero-order valence-corrected chi connectivity index (χ0v) is 32.0. The van der Waals surface area contributed by atoms with Crippen molar-refractivity contribution in [2.45, 2.75) is 158 Å². The number of benzene rings is 1. The fraction of sp³-hybridized carbons (Fsp3) is 0.722. The number of aliphatic hydroxyl groups is 1. The van der Waals surface area contributed by atoms with E-state index < -0.39 is 36.3 Å². The molecule has 3 fully saturated rings. The smallest absolute Gasteiger partial charge is 0.411 e. The standard InChI is InChI=1S/C18H33P.C10H12O.C7H6F6O4.CH3.Ru/c1-4-10-16(11-5-1)19(17-12-6-2-7-13-17)18-14-8-3-9-15-18;1-8(2)11-10-7-5-4-6-9(10)3;1-2-17-4(16)6(10,11)7(12,13)5(8,9)3(14)15;;/h16-18H,1-15H2;3-8H,1-2H3;2H2,1H3,(H,14,15);1H3;/q;;;-1;+1/p+2. The number of aromatic hydroxyl groups is 1. The van der Waals surface area contributed by atoms with Gasteiger partial charge in [-0.25, -0.2) is 9.59 Å². The number of rotatable bonds is 11. The number of esters is 1. The van der Waals surface area contributed by atoms with Gasteiger partial charge in [0.2, 0.25) is 0 Å². The number of para-hydroxylation sites is 1. The van der Waals surface area contributed by atoms with Crippen molar-refractivity contribution in [2.75, 3.05) is 6.61 Å². The molecule has 0 aliphatic heterocycles. The van der Waals surface area contributed by atoms with E-state index in [1.165, 1.54) is 22.5 Å². The van der Waals surface area contributed by atoms with Crippen molar-refractivity contribution < 1.29 is 68.4 Å². The molecule has 0 amide bonds. The number of hydrogen-bond acceptors (Lipinski definition) is 3. The number of halogens is 6. The first kappa shape index (κ1) is 45.5. The van der Waals surface area contributed by atoms with Gasteiger partial charge in [0.05, 0.1) is 23.6 Å². The third-order valence-corrected chi connectivity index (χ3v) is 14.4. The van der Waals surface area contributed by atoms with E-state index in [-0.39, 0.29) is 15.3 Å². The summed E-state index contributed by atoms with van der Waals surface area (Å²) in [5.41, 5.74) is 4.86. The van der Waals surface area contributed by atoms with E-state index in [1.807, 2.05) is 22.8 Å². The first-order chi connectivity index (χ1) is 22.6. The minimum atomic E-state index is -6.40. The molecule has 1 aromatic rings. The van der Waals surface area contributed by atoms with Gasteiger partial charge in [0.15, 0.2) is 0 Å². The van der Waals surface area contributed by atoms with Crippen LogP contribution in [-0.2, 0) is 32.2 Å².